The molecule has 9 heteroatoms. The molecule has 1 unspecified atom stereocenters. The fourth-order valence-electron chi connectivity index (χ4n) is 3.82. The van der Waals surface area contributed by atoms with Crippen LogP contribution < -0.4 is 5.32 Å². The Bertz CT molecular complexity index is 1220. The zero-order chi connectivity index (χ0) is 22.9. The molecule has 1 N–H and O–H groups in total. The van der Waals surface area contributed by atoms with E-state index in [1.165, 1.54) is 22.7 Å². The number of sulfonamides is 1. The number of halogens is 1. The standard InChI is InChI=1S/C23H25FN4O3S/c1-16-5-7-17(8-6-16)22-21(15-28(26-22)20-11-9-18(24)10-12-20)23(29)25-19-4-3-13-27(14-19)32(2,30)31/h5-12,15,19H,3-4,13-14H2,1-2H3,(H,25,29). The minimum absolute atomic E-state index is 0.247. The largest absolute Gasteiger partial charge is 0.348 e. The molecule has 0 radical (unpaired) electrons. The van der Waals surface area contributed by atoms with Crippen molar-refractivity contribution in [1.29, 1.82) is 0 Å². The number of hydrogen-bond donors (Lipinski definition) is 1. The predicted octanol–water partition coefficient (Wildman–Crippen LogP) is 3.14. The first-order valence-electron chi connectivity index (χ1n) is 10.4. The topological polar surface area (TPSA) is 84.3 Å². The summed E-state index contributed by atoms with van der Waals surface area (Å²) >= 11 is 0. The molecule has 4 rings (SSSR count). The Hall–Kier alpha value is -3.04. The van der Waals surface area contributed by atoms with Gasteiger partial charge in [0, 0.05) is 30.9 Å². The van der Waals surface area contributed by atoms with Gasteiger partial charge in [0.1, 0.15) is 11.5 Å². The number of hydrogen-bond acceptors (Lipinski definition) is 4. The number of rotatable bonds is 5. The molecule has 1 fully saturated rings. The van der Waals surface area contributed by atoms with E-state index in [1.54, 1.807) is 23.0 Å². The van der Waals surface area contributed by atoms with Crippen LogP contribution in [0.4, 0.5) is 4.39 Å². The third-order valence-electron chi connectivity index (χ3n) is 5.56. The molecule has 0 bridgehead atoms. The summed E-state index contributed by atoms with van der Waals surface area (Å²) in [4.78, 5) is 13.2. The van der Waals surface area contributed by atoms with Crippen molar-refractivity contribution in [2.24, 2.45) is 0 Å². The van der Waals surface area contributed by atoms with Gasteiger partial charge in [0.15, 0.2) is 0 Å². The maximum Gasteiger partial charge on any atom is 0.255 e. The summed E-state index contributed by atoms with van der Waals surface area (Å²) in [6.07, 6.45) is 4.18. The summed E-state index contributed by atoms with van der Waals surface area (Å²) in [5, 5.41) is 7.58. The molecule has 1 aliphatic heterocycles. The highest BCUT2D eigenvalue weighted by Crippen LogP contribution is 2.25. The van der Waals surface area contributed by atoms with E-state index in [1.807, 2.05) is 31.2 Å². The highest BCUT2D eigenvalue weighted by molar-refractivity contribution is 7.88. The van der Waals surface area contributed by atoms with E-state index in [2.05, 4.69) is 10.4 Å². The van der Waals surface area contributed by atoms with Crippen LogP contribution in [0.1, 0.15) is 28.8 Å². The van der Waals surface area contributed by atoms with Crippen LogP contribution in [-0.4, -0.2) is 53.8 Å². The van der Waals surface area contributed by atoms with E-state index >= 15 is 0 Å². The second-order valence-electron chi connectivity index (χ2n) is 8.11. The molecule has 0 saturated carbocycles. The maximum absolute atomic E-state index is 13.4. The Kier molecular flexibility index (Phi) is 6.12. The number of aryl methyl sites for hydroxylation is 1. The molecular formula is C23H25FN4O3S. The number of nitrogens with zero attached hydrogens (tertiary/aromatic N) is 3. The minimum atomic E-state index is -3.31. The van der Waals surface area contributed by atoms with Crippen molar-refractivity contribution in [3.63, 3.8) is 0 Å². The van der Waals surface area contributed by atoms with Gasteiger partial charge in [-0.2, -0.15) is 5.10 Å². The SMILES string of the molecule is Cc1ccc(-c2nn(-c3ccc(F)cc3)cc2C(=O)NC2CCCN(S(C)(=O)=O)C2)cc1. The second kappa shape index (κ2) is 8.84. The molecule has 1 amide bonds. The molecule has 1 aliphatic rings. The number of amides is 1. The monoisotopic (exact) mass is 456 g/mol. The quantitative estimate of drug-likeness (QED) is 0.639. The Morgan fingerprint density at radius 3 is 2.47 bits per heavy atom. The lowest BCUT2D eigenvalue weighted by Crippen LogP contribution is -2.49. The van der Waals surface area contributed by atoms with Crippen LogP contribution in [0.15, 0.2) is 54.7 Å². The van der Waals surface area contributed by atoms with Crippen LogP contribution in [-0.2, 0) is 10.0 Å². The van der Waals surface area contributed by atoms with Crippen molar-refractivity contribution in [3.05, 3.63) is 71.7 Å². The number of carbonyl (C=O) groups excluding carboxylic acids is 1. The Morgan fingerprint density at radius 2 is 1.81 bits per heavy atom. The highest BCUT2D eigenvalue weighted by Gasteiger charge is 2.28. The summed E-state index contributed by atoms with van der Waals surface area (Å²) in [5.41, 5.74) is 3.36. The van der Waals surface area contributed by atoms with Crippen LogP contribution in [0.5, 0.6) is 0 Å². The van der Waals surface area contributed by atoms with Crippen LogP contribution in [0.3, 0.4) is 0 Å². The second-order valence-corrected chi connectivity index (χ2v) is 10.1. The van der Waals surface area contributed by atoms with Gasteiger partial charge >= 0.3 is 0 Å². The van der Waals surface area contributed by atoms with Crippen LogP contribution in [0.2, 0.25) is 0 Å². The zero-order valence-electron chi connectivity index (χ0n) is 18.0. The Labute approximate surface area is 186 Å². The summed E-state index contributed by atoms with van der Waals surface area (Å²) in [6.45, 7) is 2.68. The molecule has 2 aromatic carbocycles. The molecule has 168 valence electrons. The summed E-state index contributed by atoms with van der Waals surface area (Å²) in [7, 11) is -3.31. The van der Waals surface area contributed by atoms with Gasteiger partial charge in [0.25, 0.3) is 5.91 Å². The lowest BCUT2D eigenvalue weighted by Gasteiger charge is -2.31. The molecule has 1 saturated heterocycles. The van der Waals surface area contributed by atoms with Crippen LogP contribution in [0, 0.1) is 12.7 Å². The van der Waals surface area contributed by atoms with Crippen molar-refractivity contribution in [3.8, 4) is 16.9 Å². The number of aromatic nitrogens is 2. The Morgan fingerprint density at radius 1 is 1.12 bits per heavy atom. The van der Waals surface area contributed by atoms with E-state index < -0.39 is 10.0 Å². The first kappa shape index (κ1) is 22.2. The van der Waals surface area contributed by atoms with Gasteiger partial charge in [-0.15, -0.1) is 0 Å². The lowest BCUT2D eigenvalue weighted by molar-refractivity contribution is 0.0922. The first-order valence-corrected chi connectivity index (χ1v) is 12.2. The van der Waals surface area contributed by atoms with Crippen molar-refractivity contribution in [2.45, 2.75) is 25.8 Å². The van der Waals surface area contributed by atoms with E-state index in [-0.39, 0.29) is 24.3 Å². The summed E-state index contributed by atoms with van der Waals surface area (Å²) in [5.74, 6) is -0.681. The summed E-state index contributed by atoms with van der Waals surface area (Å²) in [6, 6.07) is 13.3. The predicted molar refractivity (Wildman–Crippen MR) is 121 cm³/mol. The fourth-order valence-corrected chi connectivity index (χ4v) is 4.73. The van der Waals surface area contributed by atoms with E-state index in [0.29, 0.717) is 36.3 Å². The van der Waals surface area contributed by atoms with E-state index in [4.69, 9.17) is 0 Å². The molecule has 1 aromatic heterocycles. The van der Waals surface area contributed by atoms with Crippen LogP contribution >= 0.6 is 0 Å². The number of carbonyl (C=O) groups is 1. The van der Waals surface area contributed by atoms with Gasteiger partial charge in [-0.05, 0) is 44.0 Å². The van der Waals surface area contributed by atoms with Gasteiger partial charge in [-0.3, -0.25) is 4.79 Å². The van der Waals surface area contributed by atoms with Crippen molar-refractivity contribution < 1.29 is 17.6 Å². The minimum Gasteiger partial charge on any atom is -0.348 e. The molecular weight excluding hydrogens is 431 g/mol. The van der Waals surface area contributed by atoms with Gasteiger partial charge in [-0.25, -0.2) is 21.8 Å². The van der Waals surface area contributed by atoms with Gasteiger partial charge in [0.2, 0.25) is 10.0 Å². The number of piperidine rings is 1. The average Bonchev–Trinajstić information content (AvgIpc) is 3.20. The highest BCUT2D eigenvalue weighted by atomic mass is 32.2. The normalized spacial score (nSPS) is 17.3. The van der Waals surface area contributed by atoms with E-state index in [9.17, 15) is 17.6 Å². The fraction of sp³-hybridized carbons (Fsp3) is 0.304. The smallest absolute Gasteiger partial charge is 0.255 e. The third-order valence-corrected chi connectivity index (χ3v) is 6.83. The number of benzene rings is 2. The summed E-state index contributed by atoms with van der Waals surface area (Å²) < 4.78 is 40.1. The number of nitrogens with one attached hydrogen (secondary N) is 1. The molecule has 3 aromatic rings. The molecule has 2 heterocycles. The molecule has 0 aliphatic carbocycles. The third kappa shape index (κ3) is 4.89. The van der Waals surface area contributed by atoms with Crippen molar-refractivity contribution >= 4 is 15.9 Å². The zero-order valence-corrected chi connectivity index (χ0v) is 18.8. The van der Waals surface area contributed by atoms with E-state index in [0.717, 1.165) is 11.1 Å². The first-order chi connectivity index (χ1) is 15.2. The molecule has 32 heavy (non-hydrogen) atoms. The Balaban J connectivity index is 1.66. The molecule has 0 spiro atoms. The van der Waals surface area contributed by atoms with Crippen molar-refractivity contribution in [1.82, 2.24) is 19.4 Å². The van der Waals surface area contributed by atoms with Gasteiger partial charge in [0.05, 0.1) is 17.5 Å². The van der Waals surface area contributed by atoms with Crippen LogP contribution in [0.25, 0.3) is 16.9 Å². The maximum atomic E-state index is 13.4. The molecule has 7 nitrogen and oxygen atoms in total. The lowest BCUT2D eigenvalue weighted by atomic mass is 10.0. The van der Waals surface area contributed by atoms with Gasteiger partial charge in [-0.1, -0.05) is 29.8 Å². The average molecular weight is 457 g/mol. The molecule has 1 atom stereocenters. The van der Waals surface area contributed by atoms with Gasteiger partial charge < -0.3 is 5.32 Å². The van der Waals surface area contributed by atoms with Crippen molar-refractivity contribution in [2.75, 3.05) is 19.3 Å².